The number of carbonyl (C=O) groups is 1. The quantitative estimate of drug-likeness (QED) is 0.497. The predicted molar refractivity (Wildman–Crippen MR) is 141 cm³/mol. The van der Waals surface area contributed by atoms with Gasteiger partial charge < -0.3 is 14.6 Å². The average molecular weight is 502 g/mol. The van der Waals surface area contributed by atoms with Gasteiger partial charge >= 0.3 is 0 Å². The van der Waals surface area contributed by atoms with Gasteiger partial charge in [0.1, 0.15) is 11.0 Å². The topological polar surface area (TPSA) is 69.7 Å². The molecular weight excluding hydrogens is 466 g/mol. The predicted octanol–water partition coefficient (Wildman–Crippen LogP) is 6.15. The summed E-state index contributed by atoms with van der Waals surface area (Å²) in [6, 6.07) is 8.80. The lowest BCUT2D eigenvalue weighted by atomic mass is 9.98. The molecule has 0 radical (unpaired) electrons. The molecular formula is C23H36ClN3O3S2. The van der Waals surface area contributed by atoms with Crippen molar-refractivity contribution in [1.82, 2.24) is 0 Å². The minimum atomic E-state index is -3.66. The van der Waals surface area contributed by atoms with Gasteiger partial charge in [0.2, 0.25) is 0 Å². The molecule has 6 nitrogen and oxygen atoms in total. The maximum atomic E-state index is 12.9. The van der Waals surface area contributed by atoms with Crippen LogP contribution in [0.1, 0.15) is 33.6 Å². The molecule has 0 saturated carbocycles. The molecule has 0 unspecified atom stereocenters. The van der Waals surface area contributed by atoms with Gasteiger partial charge in [-0.1, -0.05) is 38.4 Å². The molecule has 1 aromatic heterocycles. The first-order valence-corrected chi connectivity index (χ1v) is 13.1. The number of thiophene rings is 1. The van der Waals surface area contributed by atoms with Crippen LogP contribution in [0.4, 0.5) is 16.4 Å². The summed E-state index contributed by atoms with van der Waals surface area (Å²) >= 11 is 7.68. The van der Waals surface area contributed by atoms with Crippen LogP contribution in [0.15, 0.2) is 47.7 Å². The van der Waals surface area contributed by atoms with Crippen LogP contribution >= 0.6 is 22.9 Å². The summed E-state index contributed by atoms with van der Waals surface area (Å²) in [5.41, 5.74) is 1.31. The molecule has 1 aromatic carbocycles. The van der Waals surface area contributed by atoms with E-state index in [0.717, 1.165) is 36.6 Å². The minimum Gasteiger partial charge on any atom is -0.370 e. The van der Waals surface area contributed by atoms with Crippen LogP contribution in [0.5, 0.6) is 0 Å². The fourth-order valence-electron chi connectivity index (χ4n) is 3.04. The zero-order valence-electron chi connectivity index (χ0n) is 19.7. The number of hydrogen-bond donors (Lipinski definition) is 1. The monoisotopic (exact) mass is 501 g/mol. The van der Waals surface area contributed by atoms with Gasteiger partial charge in [-0.25, -0.2) is 8.42 Å². The number of nitrogens with zero attached hydrogens (tertiary/aromatic N) is 2. The largest absolute Gasteiger partial charge is 0.370 e. The van der Waals surface area contributed by atoms with Crippen molar-refractivity contribution < 1.29 is 13.2 Å². The fourth-order valence-corrected chi connectivity index (χ4v) is 5.62. The van der Waals surface area contributed by atoms with Crippen LogP contribution in [0.25, 0.3) is 0 Å². The van der Waals surface area contributed by atoms with Crippen molar-refractivity contribution in [2.75, 3.05) is 41.7 Å². The first kappa shape index (κ1) is 30.0. The smallest absolute Gasteiger partial charge is 0.271 e. The number of carbonyl (C=O) groups excluding carboxylic acids is 1. The number of sulfonamides is 1. The molecule has 32 heavy (non-hydrogen) atoms. The summed E-state index contributed by atoms with van der Waals surface area (Å²) in [5, 5.41) is 1.46. The lowest BCUT2D eigenvalue weighted by Crippen LogP contribution is -2.33. The van der Waals surface area contributed by atoms with E-state index in [9.17, 15) is 8.42 Å². The Labute approximate surface area is 202 Å². The molecule has 1 saturated heterocycles. The third-order valence-electron chi connectivity index (χ3n) is 4.60. The number of hydrogen-bond acceptors (Lipinski definition) is 6. The molecule has 2 heterocycles. The van der Waals surface area contributed by atoms with E-state index in [2.05, 4.69) is 29.7 Å². The highest BCUT2D eigenvalue weighted by molar-refractivity contribution is 7.94. The zero-order valence-corrected chi connectivity index (χ0v) is 22.1. The van der Waals surface area contributed by atoms with E-state index in [1.165, 1.54) is 11.3 Å². The SMILES string of the molecule is C=C.C=O.CC.CC1CCN(c2c(Cl)cccc2NS(=O)(=O)c2ccc(N(C)C)s2)CC1. The van der Waals surface area contributed by atoms with Crippen molar-refractivity contribution in [3.05, 3.63) is 48.5 Å². The van der Waals surface area contributed by atoms with E-state index in [0.29, 0.717) is 20.8 Å². The lowest BCUT2D eigenvalue weighted by molar-refractivity contribution is -0.0980. The van der Waals surface area contributed by atoms with Gasteiger partial charge in [0.25, 0.3) is 10.0 Å². The van der Waals surface area contributed by atoms with E-state index in [-0.39, 0.29) is 0 Å². The standard InChI is InChI=1S/C18H24ClN3O2S2.C2H6.C2H4.CH2O/c1-13-9-11-22(12-10-13)18-14(19)5-4-6-15(18)20-26(23,24)17-8-7-16(25-17)21(2)3;3*1-2/h4-8,13,20H,9-12H2,1-3H3;1-2H3;1-2H2;1H2. The average Bonchev–Trinajstić information content (AvgIpc) is 3.31. The van der Waals surface area contributed by atoms with Crippen LogP contribution in [0, 0.1) is 5.92 Å². The fraction of sp³-hybridized carbons (Fsp3) is 0.435. The van der Waals surface area contributed by atoms with Crippen molar-refractivity contribution in [2.24, 2.45) is 5.92 Å². The van der Waals surface area contributed by atoms with Gasteiger partial charge in [-0.3, -0.25) is 4.72 Å². The highest BCUT2D eigenvalue weighted by Crippen LogP contribution is 2.38. The summed E-state index contributed by atoms with van der Waals surface area (Å²) in [5.74, 6) is 0.685. The Kier molecular flexibility index (Phi) is 14.0. The van der Waals surface area contributed by atoms with E-state index < -0.39 is 10.0 Å². The Morgan fingerprint density at radius 2 is 1.66 bits per heavy atom. The molecule has 1 N–H and O–H groups in total. The lowest BCUT2D eigenvalue weighted by Gasteiger charge is -2.34. The van der Waals surface area contributed by atoms with Crippen LogP contribution in [-0.4, -0.2) is 42.4 Å². The summed E-state index contributed by atoms with van der Waals surface area (Å²) < 4.78 is 28.7. The number of rotatable bonds is 5. The van der Waals surface area contributed by atoms with Gasteiger partial charge in [-0.05, 0) is 43.0 Å². The molecule has 1 aliphatic rings. The second-order valence-corrected chi connectivity index (χ2v) is 10.3. The molecule has 0 amide bonds. The maximum Gasteiger partial charge on any atom is 0.271 e. The van der Waals surface area contributed by atoms with E-state index in [1.54, 1.807) is 18.2 Å². The summed E-state index contributed by atoms with van der Waals surface area (Å²) in [6.07, 6.45) is 2.16. The third-order valence-corrected chi connectivity index (χ3v) is 8.02. The first-order chi connectivity index (χ1) is 15.3. The number of para-hydroxylation sites is 1. The maximum absolute atomic E-state index is 12.9. The normalized spacial score (nSPS) is 13.4. The third kappa shape index (κ3) is 8.15. The highest BCUT2D eigenvalue weighted by Gasteiger charge is 2.24. The van der Waals surface area contributed by atoms with Gasteiger partial charge in [0.05, 0.1) is 21.4 Å². The Bertz CT molecular complexity index is 907. The number of nitrogens with one attached hydrogen (secondary N) is 1. The second kappa shape index (κ2) is 14.9. The van der Waals surface area contributed by atoms with Crippen LogP contribution < -0.4 is 14.5 Å². The summed E-state index contributed by atoms with van der Waals surface area (Å²) in [4.78, 5) is 12.1. The van der Waals surface area contributed by atoms with Gasteiger partial charge in [-0.15, -0.1) is 24.5 Å². The molecule has 0 bridgehead atoms. The molecule has 180 valence electrons. The van der Waals surface area contributed by atoms with Gasteiger partial charge in [0.15, 0.2) is 0 Å². The molecule has 3 rings (SSSR count). The molecule has 1 fully saturated rings. The van der Waals surface area contributed by atoms with Crippen LogP contribution in [-0.2, 0) is 14.8 Å². The Morgan fingerprint density at radius 1 is 1.09 bits per heavy atom. The first-order valence-electron chi connectivity index (χ1n) is 10.4. The minimum absolute atomic E-state index is 0.291. The molecule has 1 aliphatic heterocycles. The molecule has 9 heteroatoms. The molecule has 0 atom stereocenters. The number of halogens is 1. The van der Waals surface area contributed by atoms with Crippen molar-refractivity contribution in [1.29, 1.82) is 0 Å². The van der Waals surface area contributed by atoms with Crippen LogP contribution in [0.3, 0.4) is 0 Å². The van der Waals surface area contributed by atoms with Gasteiger partial charge in [-0.2, -0.15) is 0 Å². The Morgan fingerprint density at radius 3 is 2.16 bits per heavy atom. The number of piperidine rings is 1. The molecule has 0 aliphatic carbocycles. The van der Waals surface area contributed by atoms with Crippen LogP contribution in [0.2, 0.25) is 5.02 Å². The van der Waals surface area contributed by atoms with Gasteiger partial charge in [0, 0.05) is 27.2 Å². The zero-order chi connectivity index (χ0) is 24.9. The Balaban J connectivity index is 0.00000148. The van der Waals surface area contributed by atoms with Crippen molar-refractivity contribution >= 4 is 56.1 Å². The molecule has 2 aromatic rings. The number of benzene rings is 1. The molecule has 0 spiro atoms. The van der Waals surface area contributed by atoms with E-state index in [4.69, 9.17) is 16.4 Å². The van der Waals surface area contributed by atoms with Crippen molar-refractivity contribution in [2.45, 2.75) is 37.8 Å². The van der Waals surface area contributed by atoms with E-state index in [1.807, 2.05) is 51.8 Å². The van der Waals surface area contributed by atoms with E-state index >= 15 is 0 Å². The Hall–Kier alpha value is -2.03. The van der Waals surface area contributed by atoms with Crippen molar-refractivity contribution in [3.8, 4) is 0 Å². The summed E-state index contributed by atoms with van der Waals surface area (Å²) in [7, 11) is 0.124. The summed E-state index contributed by atoms with van der Waals surface area (Å²) in [6.45, 7) is 16.0. The highest BCUT2D eigenvalue weighted by atomic mass is 35.5. The van der Waals surface area contributed by atoms with Crippen molar-refractivity contribution in [3.63, 3.8) is 0 Å². The number of anilines is 3. The second-order valence-electron chi connectivity index (χ2n) is 6.90.